The molecular weight excluding hydrogens is 430 g/mol. The number of ether oxygens (including phenoxy) is 3. The summed E-state index contributed by atoms with van der Waals surface area (Å²) < 4.78 is 18.4. The van der Waals surface area contributed by atoms with Gasteiger partial charge in [0.2, 0.25) is 0 Å². The van der Waals surface area contributed by atoms with Gasteiger partial charge in [0.15, 0.2) is 5.96 Å². The maximum absolute atomic E-state index is 12.0. The maximum atomic E-state index is 12.0. The van der Waals surface area contributed by atoms with Gasteiger partial charge in [-0.05, 0) is 48.1 Å². The van der Waals surface area contributed by atoms with Gasteiger partial charge in [-0.3, -0.25) is 10.2 Å². The van der Waals surface area contributed by atoms with E-state index >= 15 is 0 Å². The van der Waals surface area contributed by atoms with E-state index in [0.717, 1.165) is 28.1 Å². The molecule has 0 fully saturated rings. The summed E-state index contributed by atoms with van der Waals surface area (Å²) >= 11 is 0. The van der Waals surface area contributed by atoms with Crippen molar-refractivity contribution in [1.29, 1.82) is 5.41 Å². The molecule has 1 aliphatic heterocycles. The standard InChI is InChI=1S/C27H37N3O4/c1-16(31)33-23-20(25(2,3)4)13-21-19(22(23)26(5,6)7)14-27(8,34-21)15-32-18-11-9-17(10-12-18)30-24(28)29/h9-13H,14-15H2,1-8H3,(H4,28,29,30). The van der Waals surface area contributed by atoms with Crippen LogP contribution < -0.4 is 25.3 Å². The molecule has 7 nitrogen and oxygen atoms in total. The van der Waals surface area contributed by atoms with Crippen LogP contribution in [-0.4, -0.2) is 24.1 Å². The first kappa shape index (κ1) is 25.4. The quantitative estimate of drug-likeness (QED) is 0.239. The summed E-state index contributed by atoms with van der Waals surface area (Å²) in [6, 6.07) is 9.29. The molecule has 1 unspecified atom stereocenters. The van der Waals surface area contributed by atoms with Gasteiger partial charge in [0.05, 0.1) is 0 Å². The average Bonchev–Trinajstić information content (AvgIpc) is 3.00. The second kappa shape index (κ2) is 8.85. The fourth-order valence-corrected chi connectivity index (χ4v) is 4.33. The second-order valence-electron chi connectivity index (χ2n) is 11.3. The number of guanidine groups is 1. The van der Waals surface area contributed by atoms with Crippen LogP contribution in [0.15, 0.2) is 30.3 Å². The van der Waals surface area contributed by atoms with Crippen molar-refractivity contribution < 1.29 is 19.0 Å². The van der Waals surface area contributed by atoms with Gasteiger partial charge in [-0.2, -0.15) is 0 Å². The van der Waals surface area contributed by atoms with Crippen molar-refractivity contribution in [3.05, 3.63) is 47.0 Å². The number of benzene rings is 2. The highest BCUT2D eigenvalue weighted by Crippen LogP contribution is 2.50. The molecule has 2 aromatic carbocycles. The number of nitrogens with two attached hydrogens (primary N) is 1. The number of hydrogen-bond acceptors (Lipinski definition) is 5. The SMILES string of the molecule is CC(=O)Oc1c(C(C)(C)C)cc2c(c1C(C)(C)C)CC(C)(COc1ccc(NC(=N)N)cc1)O2. The second-order valence-corrected chi connectivity index (χ2v) is 11.3. The van der Waals surface area contributed by atoms with Crippen molar-refractivity contribution in [3.63, 3.8) is 0 Å². The van der Waals surface area contributed by atoms with E-state index in [9.17, 15) is 4.79 Å². The Morgan fingerprint density at radius 1 is 1.15 bits per heavy atom. The molecule has 3 rings (SSSR count). The predicted octanol–water partition coefficient (Wildman–Crippen LogP) is 5.28. The van der Waals surface area contributed by atoms with Crippen molar-refractivity contribution in [1.82, 2.24) is 0 Å². The molecule has 4 N–H and O–H groups in total. The fourth-order valence-electron chi connectivity index (χ4n) is 4.33. The minimum absolute atomic E-state index is 0.115. The molecule has 2 aromatic rings. The van der Waals surface area contributed by atoms with Crippen molar-refractivity contribution in [3.8, 4) is 17.2 Å². The molecule has 0 radical (unpaired) electrons. The maximum Gasteiger partial charge on any atom is 0.308 e. The topological polar surface area (TPSA) is 107 Å². The number of fused-ring (bicyclic) bond motifs is 1. The van der Waals surface area contributed by atoms with Gasteiger partial charge < -0.3 is 25.3 Å². The summed E-state index contributed by atoms with van der Waals surface area (Å²) in [4.78, 5) is 12.0. The Hall–Kier alpha value is -3.22. The molecule has 7 heteroatoms. The molecule has 0 bridgehead atoms. The lowest BCUT2D eigenvalue weighted by Gasteiger charge is -2.30. The lowest BCUT2D eigenvalue weighted by atomic mass is 9.76. The van der Waals surface area contributed by atoms with E-state index in [0.29, 0.717) is 24.5 Å². The first-order chi connectivity index (χ1) is 15.6. The highest BCUT2D eigenvalue weighted by atomic mass is 16.6. The summed E-state index contributed by atoms with van der Waals surface area (Å²) in [7, 11) is 0. The summed E-state index contributed by atoms with van der Waals surface area (Å²) in [5.41, 5.74) is 8.03. The highest BCUT2D eigenvalue weighted by Gasteiger charge is 2.42. The van der Waals surface area contributed by atoms with Crippen molar-refractivity contribution in [2.75, 3.05) is 11.9 Å². The Balaban J connectivity index is 1.94. The van der Waals surface area contributed by atoms with Crippen LogP contribution >= 0.6 is 0 Å². The molecule has 1 aliphatic rings. The van der Waals surface area contributed by atoms with E-state index < -0.39 is 5.60 Å². The molecule has 1 atom stereocenters. The largest absolute Gasteiger partial charge is 0.489 e. The molecule has 0 aliphatic carbocycles. The molecule has 0 spiro atoms. The number of carbonyl (C=O) groups excluding carboxylic acids is 1. The van der Waals surface area contributed by atoms with Crippen LogP contribution in [0.3, 0.4) is 0 Å². The van der Waals surface area contributed by atoms with Gasteiger partial charge in [-0.25, -0.2) is 0 Å². The third-order valence-corrected chi connectivity index (χ3v) is 5.73. The van der Waals surface area contributed by atoms with Gasteiger partial charge in [-0.15, -0.1) is 0 Å². The van der Waals surface area contributed by atoms with Crippen molar-refractivity contribution in [2.24, 2.45) is 5.73 Å². The Morgan fingerprint density at radius 2 is 1.76 bits per heavy atom. The summed E-state index contributed by atoms with van der Waals surface area (Å²) in [5.74, 6) is 1.72. The lowest BCUT2D eigenvalue weighted by Crippen LogP contribution is -2.37. The van der Waals surface area contributed by atoms with E-state index in [-0.39, 0.29) is 22.8 Å². The van der Waals surface area contributed by atoms with Crippen LogP contribution in [0.1, 0.15) is 72.1 Å². The molecule has 0 aromatic heterocycles. The number of carbonyl (C=O) groups is 1. The van der Waals surface area contributed by atoms with Gasteiger partial charge in [0.1, 0.15) is 29.5 Å². The molecule has 184 valence electrons. The third kappa shape index (κ3) is 5.64. The average molecular weight is 468 g/mol. The van der Waals surface area contributed by atoms with Crippen LogP contribution in [0, 0.1) is 5.41 Å². The Kier molecular flexibility index (Phi) is 6.62. The van der Waals surface area contributed by atoms with Crippen LogP contribution in [-0.2, 0) is 22.0 Å². The summed E-state index contributed by atoms with van der Waals surface area (Å²) in [6.45, 7) is 16.5. The predicted molar refractivity (Wildman–Crippen MR) is 135 cm³/mol. The Morgan fingerprint density at radius 3 is 2.26 bits per heavy atom. The van der Waals surface area contributed by atoms with Crippen molar-refractivity contribution >= 4 is 17.6 Å². The van der Waals surface area contributed by atoms with Gasteiger partial charge in [0.25, 0.3) is 0 Å². The van der Waals surface area contributed by atoms with E-state index in [4.69, 9.17) is 25.4 Å². The lowest BCUT2D eigenvalue weighted by molar-refractivity contribution is -0.132. The normalized spacial score (nSPS) is 17.5. The number of nitrogens with one attached hydrogen (secondary N) is 2. The van der Waals surface area contributed by atoms with Gasteiger partial charge >= 0.3 is 5.97 Å². The zero-order valence-electron chi connectivity index (χ0n) is 21.5. The first-order valence-corrected chi connectivity index (χ1v) is 11.5. The zero-order valence-corrected chi connectivity index (χ0v) is 21.5. The number of rotatable bonds is 5. The van der Waals surface area contributed by atoms with E-state index in [1.54, 1.807) is 0 Å². The zero-order chi connectivity index (χ0) is 25.5. The number of hydrogen-bond donors (Lipinski definition) is 3. The van der Waals surface area contributed by atoms with Crippen LogP contribution in [0.25, 0.3) is 0 Å². The Bertz CT molecular complexity index is 1090. The van der Waals surface area contributed by atoms with Crippen LogP contribution in [0.2, 0.25) is 0 Å². The van der Waals surface area contributed by atoms with Crippen LogP contribution in [0.5, 0.6) is 17.2 Å². The monoisotopic (exact) mass is 467 g/mol. The van der Waals surface area contributed by atoms with Gasteiger partial charge in [0, 0.05) is 35.7 Å². The summed E-state index contributed by atoms with van der Waals surface area (Å²) in [6.07, 6.45) is 0.637. The van der Waals surface area contributed by atoms with E-state index in [2.05, 4.69) is 46.9 Å². The van der Waals surface area contributed by atoms with Crippen LogP contribution in [0.4, 0.5) is 5.69 Å². The molecule has 0 saturated carbocycles. The first-order valence-electron chi connectivity index (χ1n) is 11.5. The van der Waals surface area contributed by atoms with E-state index in [1.165, 1.54) is 6.92 Å². The fraction of sp³-hybridized carbons (Fsp3) is 0.481. The Labute approximate surface area is 202 Å². The molecule has 0 amide bonds. The minimum Gasteiger partial charge on any atom is -0.489 e. The molecule has 0 saturated heterocycles. The molecule has 1 heterocycles. The van der Waals surface area contributed by atoms with Gasteiger partial charge in [-0.1, -0.05) is 41.5 Å². The molecule has 34 heavy (non-hydrogen) atoms. The molecular formula is C27H37N3O4. The van der Waals surface area contributed by atoms with E-state index in [1.807, 2.05) is 37.3 Å². The smallest absolute Gasteiger partial charge is 0.308 e. The number of anilines is 1. The third-order valence-electron chi connectivity index (χ3n) is 5.73. The number of esters is 1. The minimum atomic E-state index is -0.581. The highest BCUT2D eigenvalue weighted by molar-refractivity contribution is 5.89. The van der Waals surface area contributed by atoms with Crippen molar-refractivity contribution in [2.45, 2.75) is 78.2 Å². The summed E-state index contributed by atoms with van der Waals surface area (Å²) in [5, 5.41) is 10.1.